The molecule has 0 bridgehead atoms. The molecule has 1 aromatic heterocycles. The number of halogens is 2. The van der Waals surface area contributed by atoms with E-state index in [-0.39, 0.29) is 23.9 Å². The van der Waals surface area contributed by atoms with Crippen molar-refractivity contribution < 1.29 is 4.79 Å². The minimum Gasteiger partial charge on any atom is -0.344 e. The van der Waals surface area contributed by atoms with Gasteiger partial charge in [-0.3, -0.25) is 4.79 Å². The Hall–Kier alpha value is -0.520. The predicted octanol–water partition coefficient (Wildman–Crippen LogP) is 2.69. The van der Waals surface area contributed by atoms with Crippen LogP contribution in [0.1, 0.15) is 43.1 Å². The number of hydrogen-bond donors (Lipinski definition) is 2. The van der Waals surface area contributed by atoms with E-state index in [0.29, 0.717) is 12.2 Å². The quantitative estimate of drug-likeness (QED) is 0.877. The number of rotatable bonds is 4. The normalized spacial score (nSPS) is 17.0. The summed E-state index contributed by atoms with van der Waals surface area (Å²) in [6, 6.07) is 1.86. The molecule has 0 radical (unpaired) electrons. The summed E-state index contributed by atoms with van der Waals surface area (Å²) in [4.78, 5) is 12.3. The second-order valence-electron chi connectivity index (χ2n) is 4.98. The van der Waals surface area contributed by atoms with Gasteiger partial charge >= 0.3 is 0 Å². The minimum absolute atomic E-state index is 0. The lowest BCUT2D eigenvalue weighted by Crippen LogP contribution is -2.52. The molecule has 0 unspecified atom stereocenters. The molecule has 1 heterocycles. The van der Waals surface area contributed by atoms with Gasteiger partial charge in [0, 0.05) is 23.8 Å². The second-order valence-corrected chi connectivity index (χ2v) is 5.89. The maximum Gasteiger partial charge on any atom is 0.268 e. The van der Waals surface area contributed by atoms with Crippen LogP contribution in [0.2, 0.25) is 0 Å². The van der Waals surface area contributed by atoms with E-state index < -0.39 is 0 Å². The highest BCUT2D eigenvalue weighted by molar-refractivity contribution is 9.10. The number of nitrogens with one attached hydrogen (secondary N) is 1. The molecule has 4 nitrogen and oxygen atoms in total. The van der Waals surface area contributed by atoms with Crippen LogP contribution in [0.25, 0.3) is 0 Å². The van der Waals surface area contributed by atoms with E-state index in [1.54, 1.807) is 0 Å². The van der Waals surface area contributed by atoms with Crippen molar-refractivity contribution in [1.82, 2.24) is 9.88 Å². The fourth-order valence-electron chi connectivity index (χ4n) is 2.66. The van der Waals surface area contributed by atoms with Crippen LogP contribution in [-0.2, 0) is 6.54 Å². The summed E-state index contributed by atoms with van der Waals surface area (Å²) in [6.07, 6.45) is 6.21. The summed E-state index contributed by atoms with van der Waals surface area (Å²) in [5, 5.41) is 3.14. The highest BCUT2D eigenvalue weighted by Gasteiger charge is 2.34. The van der Waals surface area contributed by atoms with Crippen molar-refractivity contribution in [2.24, 2.45) is 5.73 Å². The number of carbonyl (C=O) groups excluding carboxylic acids is 1. The Morgan fingerprint density at radius 2 is 2.16 bits per heavy atom. The fourth-order valence-corrected chi connectivity index (χ4v) is 3.13. The Morgan fingerprint density at radius 1 is 1.53 bits per heavy atom. The topological polar surface area (TPSA) is 60.0 Å². The van der Waals surface area contributed by atoms with E-state index in [2.05, 4.69) is 21.2 Å². The molecule has 2 rings (SSSR count). The molecule has 6 heteroatoms. The van der Waals surface area contributed by atoms with Gasteiger partial charge in [-0.15, -0.1) is 12.4 Å². The SMILES string of the molecule is CCn1cc(Br)cc1C(=O)NC1(CN)CCCC1.Cl. The number of amides is 1. The van der Waals surface area contributed by atoms with Crippen molar-refractivity contribution in [3.63, 3.8) is 0 Å². The van der Waals surface area contributed by atoms with Crippen molar-refractivity contribution in [3.05, 3.63) is 22.4 Å². The van der Waals surface area contributed by atoms with E-state index in [0.717, 1.165) is 36.7 Å². The van der Waals surface area contributed by atoms with Gasteiger partial charge in [0.2, 0.25) is 0 Å². The molecule has 3 N–H and O–H groups in total. The van der Waals surface area contributed by atoms with Crippen LogP contribution in [-0.4, -0.2) is 22.6 Å². The van der Waals surface area contributed by atoms with Gasteiger partial charge < -0.3 is 15.6 Å². The molecule has 0 spiro atoms. The summed E-state index contributed by atoms with van der Waals surface area (Å²) in [7, 11) is 0. The zero-order chi connectivity index (χ0) is 13.2. The molecule has 0 aliphatic heterocycles. The lowest BCUT2D eigenvalue weighted by molar-refractivity contribution is 0.0893. The molecule has 1 aliphatic carbocycles. The number of aryl methyl sites for hydroxylation is 1. The van der Waals surface area contributed by atoms with E-state index in [1.807, 2.05) is 23.8 Å². The lowest BCUT2D eigenvalue weighted by atomic mass is 9.97. The monoisotopic (exact) mass is 349 g/mol. The van der Waals surface area contributed by atoms with E-state index in [9.17, 15) is 4.79 Å². The van der Waals surface area contributed by atoms with Crippen LogP contribution in [0, 0.1) is 0 Å². The van der Waals surface area contributed by atoms with Gasteiger partial charge in [-0.25, -0.2) is 0 Å². The highest BCUT2D eigenvalue weighted by atomic mass is 79.9. The van der Waals surface area contributed by atoms with Crippen molar-refractivity contribution >= 4 is 34.2 Å². The molecule has 1 saturated carbocycles. The molecule has 1 aromatic rings. The third-order valence-electron chi connectivity index (χ3n) is 3.77. The van der Waals surface area contributed by atoms with Crippen LogP contribution in [0.4, 0.5) is 0 Å². The van der Waals surface area contributed by atoms with Crippen LogP contribution in [0.3, 0.4) is 0 Å². The third-order valence-corrected chi connectivity index (χ3v) is 4.20. The Bertz CT molecular complexity index is 441. The number of hydrogen-bond acceptors (Lipinski definition) is 2. The largest absolute Gasteiger partial charge is 0.344 e. The average molecular weight is 351 g/mol. The minimum atomic E-state index is -0.188. The second kappa shape index (κ2) is 6.77. The first-order valence-corrected chi connectivity index (χ1v) is 7.28. The first-order valence-electron chi connectivity index (χ1n) is 6.48. The predicted molar refractivity (Wildman–Crippen MR) is 82.8 cm³/mol. The van der Waals surface area contributed by atoms with Crippen LogP contribution in [0.15, 0.2) is 16.7 Å². The average Bonchev–Trinajstić information content (AvgIpc) is 2.96. The molecule has 1 amide bonds. The van der Waals surface area contributed by atoms with Crippen molar-refractivity contribution in [2.75, 3.05) is 6.54 Å². The number of carbonyl (C=O) groups is 1. The van der Waals surface area contributed by atoms with Gasteiger partial charge in [-0.1, -0.05) is 12.8 Å². The van der Waals surface area contributed by atoms with Gasteiger partial charge in [0.1, 0.15) is 5.69 Å². The zero-order valence-corrected chi connectivity index (χ0v) is 13.5. The molecule has 19 heavy (non-hydrogen) atoms. The molecular formula is C13H21BrClN3O. The molecular weight excluding hydrogens is 330 g/mol. The maximum atomic E-state index is 12.3. The van der Waals surface area contributed by atoms with E-state index >= 15 is 0 Å². The summed E-state index contributed by atoms with van der Waals surface area (Å²) >= 11 is 3.41. The molecule has 0 aromatic carbocycles. The number of nitrogens with zero attached hydrogens (tertiary/aromatic N) is 1. The van der Waals surface area contributed by atoms with E-state index in [1.165, 1.54) is 0 Å². The fraction of sp³-hybridized carbons (Fsp3) is 0.615. The Morgan fingerprint density at radius 3 is 2.68 bits per heavy atom. The number of nitrogens with two attached hydrogens (primary N) is 1. The zero-order valence-electron chi connectivity index (χ0n) is 11.1. The van der Waals surface area contributed by atoms with Crippen LogP contribution < -0.4 is 11.1 Å². The number of aromatic nitrogens is 1. The van der Waals surface area contributed by atoms with Crippen LogP contribution >= 0.6 is 28.3 Å². The summed E-state index contributed by atoms with van der Waals surface area (Å²) < 4.78 is 2.88. The summed E-state index contributed by atoms with van der Waals surface area (Å²) in [5.41, 5.74) is 6.35. The van der Waals surface area contributed by atoms with Gasteiger partial charge in [0.05, 0.1) is 5.54 Å². The van der Waals surface area contributed by atoms with Crippen molar-refractivity contribution in [1.29, 1.82) is 0 Å². The van der Waals surface area contributed by atoms with Crippen molar-refractivity contribution in [3.8, 4) is 0 Å². The standard InChI is InChI=1S/C13H20BrN3O.ClH/c1-2-17-8-10(14)7-11(17)12(18)16-13(9-15)5-3-4-6-13;/h7-8H,2-6,9,15H2,1H3,(H,16,18);1H. The molecule has 0 atom stereocenters. The summed E-state index contributed by atoms with van der Waals surface area (Å²) in [6.45, 7) is 3.33. The van der Waals surface area contributed by atoms with E-state index in [4.69, 9.17) is 5.73 Å². The van der Waals surface area contributed by atoms with Gasteiger partial charge in [-0.2, -0.15) is 0 Å². The maximum absolute atomic E-state index is 12.3. The van der Waals surface area contributed by atoms with Crippen LogP contribution in [0.5, 0.6) is 0 Å². The first-order chi connectivity index (χ1) is 8.60. The molecule has 0 saturated heterocycles. The lowest BCUT2D eigenvalue weighted by Gasteiger charge is -2.28. The van der Waals surface area contributed by atoms with Gasteiger partial charge in [0.15, 0.2) is 0 Å². The Labute approximate surface area is 128 Å². The molecule has 1 fully saturated rings. The first kappa shape index (κ1) is 16.5. The van der Waals surface area contributed by atoms with Gasteiger partial charge in [0.25, 0.3) is 5.91 Å². The highest BCUT2D eigenvalue weighted by Crippen LogP contribution is 2.29. The third kappa shape index (κ3) is 3.52. The van der Waals surface area contributed by atoms with Gasteiger partial charge in [-0.05, 0) is 41.8 Å². The molecule has 1 aliphatic rings. The summed E-state index contributed by atoms with van der Waals surface area (Å²) in [5.74, 6) is -0.0186. The van der Waals surface area contributed by atoms with Crippen molar-refractivity contribution in [2.45, 2.75) is 44.7 Å². The Kier molecular flexibility index (Phi) is 5.89. The molecule has 108 valence electrons. The smallest absolute Gasteiger partial charge is 0.268 e. The Balaban J connectivity index is 0.00000180.